The molecule has 6 heteroatoms. The summed E-state index contributed by atoms with van der Waals surface area (Å²) >= 11 is 0. The van der Waals surface area contributed by atoms with Crippen LogP contribution in [0.3, 0.4) is 0 Å². The molecule has 15 heavy (non-hydrogen) atoms. The highest BCUT2D eigenvalue weighted by molar-refractivity contribution is 5.85. The van der Waals surface area contributed by atoms with Crippen molar-refractivity contribution in [3.05, 3.63) is 18.3 Å². The zero-order valence-corrected chi connectivity index (χ0v) is 10.2. The maximum Gasteiger partial charge on any atom is 0.151 e. The number of aromatic nitrogens is 2. The average molecular weight is 251 g/mol. The molecule has 0 aromatic carbocycles. The van der Waals surface area contributed by atoms with Crippen molar-refractivity contribution < 1.29 is 0 Å². The maximum atomic E-state index is 4.10. The summed E-state index contributed by atoms with van der Waals surface area (Å²) in [4.78, 5) is 2.28. The van der Waals surface area contributed by atoms with Crippen molar-refractivity contribution in [1.29, 1.82) is 0 Å². The van der Waals surface area contributed by atoms with E-state index < -0.39 is 0 Å². The van der Waals surface area contributed by atoms with Gasteiger partial charge in [-0.25, -0.2) is 0 Å². The van der Waals surface area contributed by atoms with Crippen LogP contribution in [0.5, 0.6) is 0 Å². The van der Waals surface area contributed by atoms with Crippen LogP contribution in [0.4, 0.5) is 5.82 Å². The van der Waals surface area contributed by atoms with E-state index in [-0.39, 0.29) is 24.8 Å². The van der Waals surface area contributed by atoms with E-state index in [4.69, 9.17) is 0 Å². The summed E-state index contributed by atoms with van der Waals surface area (Å²) in [6, 6.07) is 4.44. The largest absolute Gasteiger partial charge is 0.350 e. The molecule has 1 saturated heterocycles. The number of anilines is 1. The first kappa shape index (κ1) is 14.4. The molecule has 0 radical (unpaired) electrons. The summed E-state index contributed by atoms with van der Waals surface area (Å²) in [5, 5.41) is 11.3. The molecule has 0 bridgehead atoms. The van der Waals surface area contributed by atoms with Crippen LogP contribution in [0, 0.1) is 0 Å². The monoisotopic (exact) mass is 250 g/mol. The van der Waals surface area contributed by atoms with Crippen LogP contribution in [-0.2, 0) is 0 Å². The Morgan fingerprint density at radius 3 is 2.87 bits per heavy atom. The van der Waals surface area contributed by atoms with E-state index in [1.807, 2.05) is 12.1 Å². The van der Waals surface area contributed by atoms with Crippen molar-refractivity contribution in [1.82, 2.24) is 15.5 Å². The van der Waals surface area contributed by atoms with E-state index in [1.165, 1.54) is 0 Å². The van der Waals surface area contributed by atoms with Crippen molar-refractivity contribution in [3.8, 4) is 0 Å². The van der Waals surface area contributed by atoms with Gasteiger partial charge in [0.15, 0.2) is 5.82 Å². The van der Waals surface area contributed by atoms with E-state index in [9.17, 15) is 0 Å². The molecular weight excluding hydrogens is 235 g/mol. The van der Waals surface area contributed by atoms with E-state index in [2.05, 4.69) is 27.3 Å². The van der Waals surface area contributed by atoms with Gasteiger partial charge in [0.1, 0.15) is 0 Å². The number of nitrogens with zero attached hydrogens (tertiary/aromatic N) is 3. The minimum absolute atomic E-state index is 0. The van der Waals surface area contributed by atoms with Gasteiger partial charge in [-0.2, -0.15) is 5.10 Å². The lowest BCUT2D eigenvalue weighted by molar-refractivity contribution is 0.495. The normalized spacial score (nSPS) is 20.1. The Labute approximate surface area is 102 Å². The van der Waals surface area contributed by atoms with Gasteiger partial charge in [0, 0.05) is 31.9 Å². The quantitative estimate of drug-likeness (QED) is 0.812. The molecule has 1 aromatic heterocycles. The SMILES string of the molecule is CC1CNCCN1c1cccnn1.Cl.Cl. The van der Waals surface area contributed by atoms with Gasteiger partial charge in [0.05, 0.1) is 0 Å². The molecule has 0 amide bonds. The van der Waals surface area contributed by atoms with Gasteiger partial charge in [0.2, 0.25) is 0 Å². The predicted octanol–water partition coefficient (Wildman–Crippen LogP) is 1.12. The molecule has 1 atom stereocenters. The number of hydrogen-bond acceptors (Lipinski definition) is 4. The second kappa shape index (κ2) is 6.82. The summed E-state index contributed by atoms with van der Waals surface area (Å²) < 4.78 is 0. The van der Waals surface area contributed by atoms with Gasteiger partial charge in [-0.15, -0.1) is 29.9 Å². The lowest BCUT2D eigenvalue weighted by Gasteiger charge is -2.34. The lowest BCUT2D eigenvalue weighted by Crippen LogP contribution is -2.50. The molecule has 0 spiro atoms. The van der Waals surface area contributed by atoms with E-state index in [0.29, 0.717) is 6.04 Å². The van der Waals surface area contributed by atoms with E-state index in [1.54, 1.807) is 6.20 Å². The summed E-state index contributed by atoms with van der Waals surface area (Å²) in [6.45, 7) is 5.26. The van der Waals surface area contributed by atoms with Gasteiger partial charge in [-0.1, -0.05) is 0 Å². The zero-order chi connectivity index (χ0) is 9.10. The van der Waals surface area contributed by atoms with Crippen molar-refractivity contribution in [2.75, 3.05) is 24.5 Å². The Morgan fingerprint density at radius 2 is 2.27 bits per heavy atom. The number of rotatable bonds is 1. The number of hydrogen-bond donors (Lipinski definition) is 1. The van der Waals surface area contributed by atoms with Crippen LogP contribution in [0.2, 0.25) is 0 Å². The minimum atomic E-state index is 0. The topological polar surface area (TPSA) is 41.0 Å². The number of nitrogens with one attached hydrogen (secondary N) is 1. The van der Waals surface area contributed by atoms with Gasteiger partial charge in [0.25, 0.3) is 0 Å². The van der Waals surface area contributed by atoms with Crippen molar-refractivity contribution in [2.45, 2.75) is 13.0 Å². The fourth-order valence-electron chi connectivity index (χ4n) is 1.63. The van der Waals surface area contributed by atoms with Gasteiger partial charge in [-0.05, 0) is 19.1 Å². The lowest BCUT2D eigenvalue weighted by atomic mass is 10.2. The highest BCUT2D eigenvalue weighted by Crippen LogP contribution is 2.12. The second-order valence-corrected chi connectivity index (χ2v) is 3.33. The summed E-state index contributed by atoms with van der Waals surface area (Å²) in [7, 11) is 0. The predicted molar refractivity (Wildman–Crippen MR) is 66.2 cm³/mol. The molecule has 2 heterocycles. The van der Waals surface area contributed by atoms with Crippen LogP contribution in [0.1, 0.15) is 6.92 Å². The third kappa shape index (κ3) is 3.48. The molecular formula is C9H16Cl2N4. The summed E-state index contributed by atoms with van der Waals surface area (Å²) in [5.41, 5.74) is 0. The molecule has 86 valence electrons. The third-order valence-corrected chi connectivity index (χ3v) is 2.35. The number of halogens is 2. The smallest absolute Gasteiger partial charge is 0.151 e. The first-order valence-electron chi connectivity index (χ1n) is 4.63. The molecule has 1 fully saturated rings. The van der Waals surface area contributed by atoms with E-state index in [0.717, 1.165) is 25.5 Å². The van der Waals surface area contributed by atoms with Crippen LogP contribution < -0.4 is 10.2 Å². The molecule has 1 unspecified atom stereocenters. The molecule has 1 N–H and O–H groups in total. The molecule has 0 aliphatic carbocycles. The fourth-order valence-corrected chi connectivity index (χ4v) is 1.63. The fraction of sp³-hybridized carbons (Fsp3) is 0.556. The van der Waals surface area contributed by atoms with Crippen molar-refractivity contribution in [2.24, 2.45) is 0 Å². The van der Waals surface area contributed by atoms with Gasteiger partial charge < -0.3 is 10.2 Å². The Kier molecular flexibility index (Phi) is 6.56. The molecule has 4 nitrogen and oxygen atoms in total. The second-order valence-electron chi connectivity index (χ2n) is 3.33. The van der Waals surface area contributed by atoms with Crippen molar-refractivity contribution >= 4 is 30.6 Å². The average Bonchev–Trinajstić information content (AvgIpc) is 2.20. The van der Waals surface area contributed by atoms with Crippen LogP contribution in [-0.4, -0.2) is 35.9 Å². The molecule has 1 aliphatic heterocycles. The third-order valence-electron chi connectivity index (χ3n) is 2.35. The minimum Gasteiger partial charge on any atom is -0.350 e. The van der Waals surface area contributed by atoms with Crippen LogP contribution >= 0.6 is 24.8 Å². The Balaban J connectivity index is 0.000000980. The van der Waals surface area contributed by atoms with Gasteiger partial charge >= 0.3 is 0 Å². The van der Waals surface area contributed by atoms with Crippen LogP contribution in [0.25, 0.3) is 0 Å². The highest BCUT2D eigenvalue weighted by atomic mass is 35.5. The van der Waals surface area contributed by atoms with Crippen LogP contribution in [0.15, 0.2) is 18.3 Å². The first-order chi connectivity index (χ1) is 6.38. The summed E-state index contributed by atoms with van der Waals surface area (Å²) in [6.07, 6.45) is 1.70. The molecule has 0 saturated carbocycles. The summed E-state index contributed by atoms with van der Waals surface area (Å²) in [5.74, 6) is 0.983. The molecule has 1 aromatic rings. The Morgan fingerprint density at radius 1 is 1.47 bits per heavy atom. The highest BCUT2D eigenvalue weighted by Gasteiger charge is 2.18. The van der Waals surface area contributed by atoms with E-state index >= 15 is 0 Å². The van der Waals surface area contributed by atoms with Crippen molar-refractivity contribution in [3.63, 3.8) is 0 Å². The first-order valence-corrected chi connectivity index (χ1v) is 4.63. The Bertz CT molecular complexity index is 270. The zero-order valence-electron chi connectivity index (χ0n) is 8.59. The maximum absolute atomic E-state index is 4.10. The molecule has 2 rings (SSSR count). The standard InChI is InChI=1S/C9H14N4.2ClH/c1-8-7-10-5-6-13(8)9-3-2-4-11-12-9;;/h2-4,8,10H,5-7H2,1H3;2*1H. The molecule has 1 aliphatic rings. The van der Waals surface area contributed by atoms with Gasteiger partial charge in [-0.3, -0.25) is 0 Å². The number of piperazine rings is 1. The Hall–Kier alpha value is -0.580.